The van der Waals surface area contributed by atoms with Crippen LogP contribution < -0.4 is 0 Å². The van der Waals surface area contributed by atoms with Gasteiger partial charge in [-0.15, -0.1) is 0 Å². The molecule has 2 aromatic rings. The highest BCUT2D eigenvalue weighted by molar-refractivity contribution is 7.85. The van der Waals surface area contributed by atoms with Crippen LogP contribution in [0.3, 0.4) is 0 Å². The van der Waals surface area contributed by atoms with E-state index in [0.717, 1.165) is 6.07 Å². The largest absolute Gasteiger partial charge is 0.293 e. The first-order chi connectivity index (χ1) is 8.58. The predicted molar refractivity (Wildman–Crippen MR) is 60.8 cm³/mol. The number of carbonyl (C=O) groups is 1. The second-order valence-corrected chi connectivity index (χ2v) is 4.85. The maximum absolute atomic E-state index is 12.9. The van der Waals surface area contributed by atoms with E-state index in [9.17, 15) is 13.4 Å². The molecule has 0 fully saturated rings. The van der Waals surface area contributed by atoms with Crippen molar-refractivity contribution in [3.63, 3.8) is 0 Å². The molecule has 0 aliphatic heterocycles. The standard InChI is InChI=1S/C10H9FN4O2S/c1-15-10(12-13-14-15)18(17)6-9(16)7-3-2-4-8(11)5-7/h2-5H,6H2,1H3. The van der Waals surface area contributed by atoms with Crippen molar-refractivity contribution in [2.24, 2.45) is 7.05 Å². The van der Waals surface area contributed by atoms with Crippen LogP contribution in [0.4, 0.5) is 4.39 Å². The van der Waals surface area contributed by atoms with Gasteiger partial charge in [0, 0.05) is 12.6 Å². The summed E-state index contributed by atoms with van der Waals surface area (Å²) in [5, 5.41) is 10.5. The van der Waals surface area contributed by atoms with E-state index in [4.69, 9.17) is 0 Å². The van der Waals surface area contributed by atoms with Crippen LogP contribution in [0, 0.1) is 5.82 Å². The van der Waals surface area contributed by atoms with Crippen molar-refractivity contribution in [3.05, 3.63) is 35.6 Å². The molecule has 1 aromatic heterocycles. The van der Waals surface area contributed by atoms with Gasteiger partial charge < -0.3 is 0 Å². The third kappa shape index (κ3) is 2.65. The fraction of sp³-hybridized carbons (Fsp3) is 0.200. The molecule has 0 aliphatic carbocycles. The lowest BCUT2D eigenvalue weighted by molar-refractivity contribution is 0.102. The molecule has 0 aliphatic rings. The summed E-state index contributed by atoms with van der Waals surface area (Å²) in [4.78, 5) is 11.8. The molecule has 1 aromatic carbocycles. The Morgan fingerprint density at radius 2 is 2.28 bits per heavy atom. The van der Waals surface area contributed by atoms with Crippen LogP contribution in [-0.4, -0.2) is 36.0 Å². The average molecular weight is 268 g/mol. The molecule has 1 heterocycles. The van der Waals surface area contributed by atoms with Gasteiger partial charge in [0.05, 0.1) is 5.75 Å². The lowest BCUT2D eigenvalue weighted by Crippen LogP contribution is -2.14. The third-order valence-electron chi connectivity index (χ3n) is 2.19. The van der Waals surface area contributed by atoms with Gasteiger partial charge in [0.1, 0.15) is 16.6 Å². The lowest BCUT2D eigenvalue weighted by Gasteiger charge is -2.00. The van der Waals surface area contributed by atoms with Gasteiger partial charge in [-0.1, -0.05) is 17.2 Å². The molecular formula is C10H9FN4O2S. The number of aryl methyl sites for hydroxylation is 1. The Balaban J connectivity index is 2.13. The lowest BCUT2D eigenvalue weighted by atomic mass is 10.1. The summed E-state index contributed by atoms with van der Waals surface area (Å²) in [7, 11) is -0.119. The Hall–Kier alpha value is -1.96. The summed E-state index contributed by atoms with van der Waals surface area (Å²) < 4.78 is 26.0. The first-order valence-electron chi connectivity index (χ1n) is 4.97. The molecule has 0 spiro atoms. The molecule has 1 atom stereocenters. The van der Waals surface area contributed by atoms with Crippen molar-refractivity contribution in [1.82, 2.24) is 20.2 Å². The number of aromatic nitrogens is 4. The van der Waals surface area contributed by atoms with Gasteiger partial charge >= 0.3 is 0 Å². The highest BCUT2D eigenvalue weighted by Gasteiger charge is 2.17. The average Bonchev–Trinajstić information content (AvgIpc) is 2.75. The summed E-state index contributed by atoms with van der Waals surface area (Å²) in [6, 6.07) is 5.24. The molecule has 0 N–H and O–H groups in total. The van der Waals surface area contributed by atoms with Crippen molar-refractivity contribution < 1.29 is 13.4 Å². The molecule has 94 valence electrons. The first kappa shape index (κ1) is 12.5. The number of ketones is 1. The van der Waals surface area contributed by atoms with Crippen LogP contribution in [0.5, 0.6) is 0 Å². The highest BCUT2D eigenvalue weighted by atomic mass is 32.2. The molecule has 0 radical (unpaired) electrons. The minimum atomic E-state index is -1.65. The molecule has 0 saturated carbocycles. The van der Waals surface area contributed by atoms with E-state index in [1.165, 1.54) is 29.9 Å². The first-order valence-corrected chi connectivity index (χ1v) is 6.29. The van der Waals surface area contributed by atoms with Crippen molar-refractivity contribution in [3.8, 4) is 0 Å². The summed E-state index contributed by atoms with van der Waals surface area (Å²) in [6.45, 7) is 0. The third-order valence-corrected chi connectivity index (χ3v) is 3.47. The molecular weight excluding hydrogens is 259 g/mol. The second-order valence-electron chi connectivity index (χ2n) is 3.51. The van der Waals surface area contributed by atoms with E-state index in [1.54, 1.807) is 0 Å². The van der Waals surface area contributed by atoms with Gasteiger partial charge in [-0.3, -0.25) is 9.00 Å². The van der Waals surface area contributed by atoms with Crippen LogP contribution in [-0.2, 0) is 17.8 Å². The summed E-state index contributed by atoms with van der Waals surface area (Å²) in [6.07, 6.45) is 0. The maximum Gasteiger partial charge on any atom is 0.239 e. The fourth-order valence-corrected chi connectivity index (χ4v) is 2.34. The predicted octanol–water partition coefficient (Wildman–Crippen LogP) is 0.340. The zero-order chi connectivity index (χ0) is 13.1. The van der Waals surface area contributed by atoms with Gasteiger partial charge in [0.25, 0.3) is 0 Å². The Labute approximate surface area is 104 Å². The molecule has 18 heavy (non-hydrogen) atoms. The number of hydrogen-bond donors (Lipinski definition) is 0. The number of hydrogen-bond acceptors (Lipinski definition) is 5. The number of halogens is 1. The van der Waals surface area contributed by atoms with Crippen LogP contribution in [0.25, 0.3) is 0 Å². The van der Waals surface area contributed by atoms with Crippen molar-refractivity contribution >= 4 is 16.6 Å². The van der Waals surface area contributed by atoms with Gasteiger partial charge in [0.15, 0.2) is 5.78 Å². The Morgan fingerprint density at radius 1 is 1.50 bits per heavy atom. The van der Waals surface area contributed by atoms with Crippen LogP contribution in [0.2, 0.25) is 0 Å². The molecule has 0 bridgehead atoms. The fourth-order valence-electron chi connectivity index (χ4n) is 1.34. The molecule has 2 rings (SSSR count). The Kier molecular flexibility index (Phi) is 3.56. The van der Waals surface area contributed by atoms with E-state index >= 15 is 0 Å². The number of tetrazole rings is 1. The maximum atomic E-state index is 12.9. The van der Waals surface area contributed by atoms with Gasteiger partial charge in [0.2, 0.25) is 5.16 Å². The zero-order valence-corrected chi connectivity index (χ0v) is 10.2. The highest BCUT2D eigenvalue weighted by Crippen LogP contribution is 2.07. The van der Waals surface area contributed by atoms with Crippen molar-refractivity contribution in [1.29, 1.82) is 0 Å². The van der Waals surface area contributed by atoms with Crippen LogP contribution in [0.15, 0.2) is 29.4 Å². The number of rotatable bonds is 4. The number of benzene rings is 1. The Bertz CT molecular complexity index is 613. The Morgan fingerprint density at radius 3 is 2.89 bits per heavy atom. The summed E-state index contributed by atoms with van der Waals surface area (Å²) in [5.74, 6) is -1.21. The zero-order valence-electron chi connectivity index (χ0n) is 9.41. The van der Waals surface area contributed by atoms with Crippen LogP contribution in [0.1, 0.15) is 10.4 Å². The number of carbonyl (C=O) groups excluding carboxylic acids is 1. The van der Waals surface area contributed by atoms with E-state index < -0.39 is 22.4 Å². The minimum absolute atomic E-state index is 0.111. The molecule has 0 saturated heterocycles. The van der Waals surface area contributed by atoms with Gasteiger partial charge in [-0.2, -0.15) is 0 Å². The second kappa shape index (κ2) is 5.13. The van der Waals surface area contributed by atoms with Gasteiger partial charge in [-0.25, -0.2) is 9.07 Å². The molecule has 8 heteroatoms. The van der Waals surface area contributed by atoms with Crippen LogP contribution >= 0.6 is 0 Å². The van der Waals surface area contributed by atoms with E-state index in [1.807, 2.05) is 0 Å². The molecule has 6 nitrogen and oxygen atoms in total. The summed E-state index contributed by atoms with van der Waals surface area (Å²) in [5.41, 5.74) is 0.179. The van der Waals surface area contributed by atoms with Crippen molar-refractivity contribution in [2.75, 3.05) is 5.75 Å². The molecule has 0 amide bonds. The SMILES string of the molecule is Cn1nnnc1S(=O)CC(=O)c1cccc(F)c1. The topological polar surface area (TPSA) is 77.7 Å². The monoisotopic (exact) mass is 268 g/mol. The number of nitrogens with zero attached hydrogens (tertiary/aromatic N) is 4. The summed E-state index contributed by atoms with van der Waals surface area (Å²) >= 11 is 0. The van der Waals surface area contributed by atoms with E-state index in [2.05, 4.69) is 15.5 Å². The van der Waals surface area contributed by atoms with Gasteiger partial charge in [-0.05, 0) is 22.6 Å². The minimum Gasteiger partial charge on any atom is -0.293 e. The quantitative estimate of drug-likeness (QED) is 0.747. The molecule has 1 unspecified atom stereocenters. The van der Waals surface area contributed by atoms with E-state index in [-0.39, 0.29) is 16.5 Å². The normalized spacial score (nSPS) is 12.3. The van der Waals surface area contributed by atoms with Crippen molar-refractivity contribution in [2.45, 2.75) is 5.16 Å². The number of Topliss-reactive ketones (excluding diaryl/α,β-unsaturated/α-hetero) is 1. The smallest absolute Gasteiger partial charge is 0.239 e. The van der Waals surface area contributed by atoms with E-state index in [0.29, 0.717) is 0 Å².